The Hall–Kier alpha value is -1.56. The van der Waals surface area contributed by atoms with Gasteiger partial charge < -0.3 is 19.7 Å². The molecule has 2 atom stereocenters. The zero-order valence-electron chi connectivity index (χ0n) is 12.1. The van der Waals surface area contributed by atoms with Gasteiger partial charge in [-0.25, -0.2) is 4.98 Å². The predicted molar refractivity (Wildman–Crippen MR) is 77.4 cm³/mol. The zero-order valence-corrected chi connectivity index (χ0v) is 12.1. The molecule has 20 heavy (non-hydrogen) atoms. The molecule has 110 valence electrons. The summed E-state index contributed by atoms with van der Waals surface area (Å²) < 4.78 is 10.9. The molecular formula is C14H22N4O2. The lowest BCUT2D eigenvalue weighted by Crippen LogP contribution is -2.38. The Morgan fingerprint density at radius 1 is 1.55 bits per heavy atom. The van der Waals surface area contributed by atoms with Gasteiger partial charge in [-0.05, 0) is 25.7 Å². The van der Waals surface area contributed by atoms with E-state index in [9.17, 15) is 0 Å². The van der Waals surface area contributed by atoms with Crippen LogP contribution in [0.4, 0.5) is 11.8 Å². The molecule has 1 aromatic heterocycles. The van der Waals surface area contributed by atoms with Crippen molar-refractivity contribution in [3.63, 3.8) is 0 Å². The molecule has 0 saturated carbocycles. The van der Waals surface area contributed by atoms with Crippen LogP contribution in [0.15, 0.2) is 6.20 Å². The van der Waals surface area contributed by atoms with Crippen LogP contribution in [-0.2, 0) is 4.74 Å². The van der Waals surface area contributed by atoms with Crippen molar-refractivity contribution in [2.75, 3.05) is 43.6 Å². The van der Waals surface area contributed by atoms with E-state index in [4.69, 9.17) is 9.47 Å². The number of hydrogen-bond acceptors (Lipinski definition) is 6. The molecular weight excluding hydrogens is 256 g/mol. The first-order valence-electron chi connectivity index (χ1n) is 7.26. The first-order valence-corrected chi connectivity index (χ1v) is 7.26. The average Bonchev–Trinajstić information content (AvgIpc) is 2.47. The molecule has 0 spiro atoms. The summed E-state index contributed by atoms with van der Waals surface area (Å²) >= 11 is 0. The number of nitrogens with zero attached hydrogens (tertiary/aromatic N) is 3. The molecule has 6 heteroatoms. The Labute approximate surface area is 119 Å². The summed E-state index contributed by atoms with van der Waals surface area (Å²) in [5.41, 5.74) is 0. The van der Waals surface area contributed by atoms with Gasteiger partial charge in [0.05, 0.1) is 18.8 Å². The van der Waals surface area contributed by atoms with Gasteiger partial charge >= 0.3 is 0 Å². The minimum absolute atomic E-state index is 0.285. The van der Waals surface area contributed by atoms with Gasteiger partial charge in [0.15, 0.2) is 11.6 Å². The van der Waals surface area contributed by atoms with Crippen molar-refractivity contribution in [1.29, 1.82) is 0 Å². The van der Waals surface area contributed by atoms with E-state index in [2.05, 4.69) is 27.1 Å². The molecule has 0 amide bonds. The standard InChI is InChI=1S/C14H22N4O2/c1-10-8-20-12-6-15-14(17-13(12)16-10)18-5-3-4-11(7-18)9-19-2/h6,10-11H,3-5,7-9H2,1-2H3,(H,15,16,17). The highest BCUT2D eigenvalue weighted by Gasteiger charge is 2.24. The lowest BCUT2D eigenvalue weighted by atomic mass is 9.99. The number of rotatable bonds is 3. The van der Waals surface area contributed by atoms with Crippen molar-refractivity contribution >= 4 is 11.8 Å². The molecule has 2 aliphatic rings. The summed E-state index contributed by atoms with van der Waals surface area (Å²) in [6.07, 6.45) is 4.15. The summed E-state index contributed by atoms with van der Waals surface area (Å²) in [6.45, 7) is 5.52. The van der Waals surface area contributed by atoms with E-state index < -0.39 is 0 Å². The summed E-state index contributed by atoms with van der Waals surface area (Å²) in [7, 11) is 1.76. The number of nitrogens with one attached hydrogen (secondary N) is 1. The van der Waals surface area contributed by atoms with E-state index in [1.165, 1.54) is 6.42 Å². The Morgan fingerprint density at radius 2 is 2.45 bits per heavy atom. The molecule has 0 radical (unpaired) electrons. The van der Waals surface area contributed by atoms with E-state index in [1.54, 1.807) is 13.3 Å². The topological polar surface area (TPSA) is 59.5 Å². The quantitative estimate of drug-likeness (QED) is 0.905. The first kappa shape index (κ1) is 13.4. The van der Waals surface area contributed by atoms with E-state index >= 15 is 0 Å². The van der Waals surface area contributed by atoms with E-state index in [0.29, 0.717) is 12.5 Å². The maximum Gasteiger partial charge on any atom is 0.227 e. The number of ether oxygens (including phenoxy) is 2. The van der Waals surface area contributed by atoms with Crippen LogP contribution in [0.2, 0.25) is 0 Å². The average molecular weight is 278 g/mol. The summed E-state index contributed by atoms with van der Waals surface area (Å²) in [4.78, 5) is 11.3. The normalized spacial score (nSPS) is 25.6. The molecule has 1 saturated heterocycles. The van der Waals surface area contributed by atoms with Crippen molar-refractivity contribution in [2.45, 2.75) is 25.8 Å². The van der Waals surface area contributed by atoms with Crippen molar-refractivity contribution in [1.82, 2.24) is 9.97 Å². The first-order chi connectivity index (χ1) is 9.76. The molecule has 0 bridgehead atoms. The van der Waals surface area contributed by atoms with E-state index in [1.807, 2.05) is 0 Å². The molecule has 6 nitrogen and oxygen atoms in total. The number of methoxy groups -OCH3 is 1. The Kier molecular flexibility index (Phi) is 3.91. The van der Waals surface area contributed by atoms with Gasteiger partial charge in [0.25, 0.3) is 0 Å². The fourth-order valence-electron chi connectivity index (χ4n) is 2.83. The highest BCUT2D eigenvalue weighted by atomic mass is 16.5. The summed E-state index contributed by atoms with van der Waals surface area (Å²) in [5.74, 6) is 2.91. The third-order valence-electron chi connectivity index (χ3n) is 3.82. The number of fused-ring (bicyclic) bond motifs is 1. The van der Waals surface area contributed by atoms with Crippen LogP contribution in [0.5, 0.6) is 5.75 Å². The van der Waals surface area contributed by atoms with E-state index in [-0.39, 0.29) is 6.04 Å². The van der Waals surface area contributed by atoms with Crippen molar-refractivity contribution in [3.05, 3.63) is 6.20 Å². The minimum atomic E-state index is 0.285. The van der Waals surface area contributed by atoms with Gasteiger partial charge in [0, 0.05) is 20.2 Å². The van der Waals surface area contributed by atoms with Crippen LogP contribution in [-0.4, -0.2) is 49.4 Å². The van der Waals surface area contributed by atoms with Gasteiger partial charge in [0.2, 0.25) is 5.95 Å². The van der Waals surface area contributed by atoms with Gasteiger partial charge in [-0.3, -0.25) is 0 Å². The monoisotopic (exact) mass is 278 g/mol. The van der Waals surface area contributed by atoms with Gasteiger partial charge in [-0.15, -0.1) is 0 Å². The molecule has 0 aromatic carbocycles. The third-order valence-corrected chi connectivity index (χ3v) is 3.82. The predicted octanol–water partition coefficient (Wildman–Crippen LogP) is 1.53. The van der Waals surface area contributed by atoms with Crippen LogP contribution < -0.4 is 15.0 Å². The molecule has 3 heterocycles. The number of anilines is 2. The molecule has 1 fully saturated rings. The zero-order chi connectivity index (χ0) is 13.9. The highest BCUT2D eigenvalue weighted by molar-refractivity contribution is 5.54. The van der Waals surface area contributed by atoms with Gasteiger partial charge in [-0.1, -0.05) is 0 Å². The van der Waals surface area contributed by atoms with Crippen LogP contribution in [0, 0.1) is 5.92 Å². The lowest BCUT2D eigenvalue weighted by Gasteiger charge is -2.33. The maximum absolute atomic E-state index is 5.61. The Morgan fingerprint density at radius 3 is 3.30 bits per heavy atom. The van der Waals surface area contributed by atoms with Crippen LogP contribution in [0.1, 0.15) is 19.8 Å². The number of piperidine rings is 1. The Balaban J connectivity index is 1.75. The second-order valence-electron chi connectivity index (χ2n) is 5.65. The minimum Gasteiger partial charge on any atom is -0.486 e. The SMILES string of the molecule is COCC1CCCN(c2ncc3c(n2)NC(C)CO3)C1. The largest absolute Gasteiger partial charge is 0.486 e. The van der Waals surface area contributed by atoms with Crippen LogP contribution in [0.25, 0.3) is 0 Å². The number of aromatic nitrogens is 2. The van der Waals surface area contributed by atoms with E-state index in [0.717, 1.165) is 43.6 Å². The smallest absolute Gasteiger partial charge is 0.227 e. The summed E-state index contributed by atoms with van der Waals surface area (Å²) in [5, 5.41) is 3.35. The third kappa shape index (κ3) is 2.80. The van der Waals surface area contributed by atoms with Crippen LogP contribution >= 0.6 is 0 Å². The second-order valence-corrected chi connectivity index (χ2v) is 5.65. The molecule has 3 rings (SSSR count). The molecule has 2 aliphatic heterocycles. The highest BCUT2D eigenvalue weighted by Crippen LogP contribution is 2.29. The van der Waals surface area contributed by atoms with Crippen LogP contribution in [0.3, 0.4) is 0 Å². The van der Waals surface area contributed by atoms with Gasteiger partial charge in [0.1, 0.15) is 6.61 Å². The molecule has 0 aliphatic carbocycles. The number of hydrogen-bond donors (Lipinski definition) is 1. The fraction of sp³-hybridized carbons (Fsp3) is 0.714. The second kappa shape index (κ2) is 5.83. The summed E-state index contributed by atoms with van der Waals surface area (Å²) in [6, 6.07) is 0.285. The lowest BCUT2D eigenvalue weighted by molar-refractivity contribution is 0.143. The molecule has 1 N–H and O–H groups in total. The Bertz CT molecular complexity index is 466. The molecule has 2 unspecified atom stereocenters. The molecule has 1 aromatic rings. The van der Waals surface area contributed by atoms with Crippen molar-refractivity contribution in [2.24, 2.45) is 5.92 Å². The fourth-order valence-corrected chi connectivity index (χ4v) is 2.83. The van der Waals surface area contributed by atoms with Gasteiger partial charge in [-0.2, -0.15) is 4.98 Å². The van der Waals surface area contributed by atoms with Crippen molar-refractivity contribution in [3.8, 4) is 5.75 Å². The van der Waals surface area contributed by atoms with Crippen molar-refractivity contribution < 1.29 is 9.47 Å². The maximum atomic E-state index is 5.61.